The molecule has 4 bridgehead atoms. The second kappa shape index (κ2) is 6.51. The second-order valence-electron chi connectivity index (χ2n) is 8.05. The predicted octanol–water partition coefficient (Wildman–Crippen LogP) is 2.32. The molecule has 0 atom stereocenters. The number of ether oxygens (including phenoxy) is 2. The van der Waals surface area contributed by atoms with Crippen LogP contribution in [-0.2, 0) is 29.2 Å². The smallest absolute Gasteiger partial charge is 0.455 e. The standard InChI is InChI=1S/C17H22F2O7S/c1-9(8-25-15(21)17(18,19)27(22,23)24)14(20)26-16(2)12-4-10-3-11(6-12)7-13(16)5-10/h10-13H,1,3-8H2,2H3,(H,22,23,24). The van der Waals surface area contributed by atoms with Crippen LogP contribution in [0, 0.1) is 23.7 Å². The molecule has 0 aromatic rings. The molecule has 0 amide bonds. The topological polar surface area (TPSA) is 107 Å². The first-order valence-corrected chi connectivity index (χ1v) is 10.2. The van der Waals surface area contributed by atoms with Crippen LogP contribution in [-0.4, -0.2) is 42.4 Å². The Kier molecular flexibility index (Phi) is 4.87. The van der Waals surface area contributed by atoms with Crippen LogP contribution in [0.4, 0.5) is 8.78 Å². The Balaban J connectivity index is 1.59. The SMILES string of the molecule is C=C(COC(=O)C(F)(F)S(=O)(=O)O)C(=O)OC1(C)C2CC3CC(C2)CC1C3. The van der Waals surface area contributed by atoms with E-state index in [-0.39, 0.29) is 17.4 Å². The van der Waals surface area contributed by atoms with Crippen molar-refractivity contribution in [3.05, 3.63) is 12.2 Å². The molecule has 0 saturated heterocycles. The Morgan fingerprint density at radius 3 is 2.07 bits per heavy atom. The highest BCUT2D eigenvalue weighted by Gasteiger charge is 2.57. The maximum absolute atomic E-state index is 13.1. The molecule has 4 aliphatic rings. The van der Waals surface area contributed by atoms with Gasteiger partial charge in [0.2, 0.25) is 0 Å². The molecule has 7 nitrogen and oxygen atoms in total. The van der Waals surface area contributed by atoms with Crippen LogP contribution in [0.2, 0.25) is 0 Å². The number of hydrogen-bond acceptors (Lipinski definition) is 6. The third-order valence-electron chi connectivity index (χ3n) is 6.30. The van der Waals surface area contributed by atoms with Crippen molar-refractivity contribution in [2.75, 3.05) is 6.61 Å². The number of halogens is 2. The molecule has 4 aliphatic carbocycles. The Hall–Kier alpha value is -1.55. The van der Waals surface area contributed by atoms with Gasteiger partial charge in [-0.3, -0.25) is 4.55 Å². The van der Waals surface area contributed by atoms with Crippen molar-refractivity contribution < 1.29 is 40.8 Å². The number of esters is 2. The first-order valence-electron chi connectivity index (χ1n) is 8.77. The van der Waals surface area contributed by atoms with E-state index >= 15 is 0 Å². The Labute approximate surface area is 155 Å². The third-order valence-corrected chi connectivity index (χ3v) is 7.11. The molecular formula is C17H22F2O7S. The molecule has 10 heteroatoms. The fourth-order valence-corrected chi connectivity index (χ4v) is 5.23. The van der Waals surface area contributed by atoms with Gasteiger partial charge < -0.3 is 9.47 Å². The Bertz CT molecular complexity index is 746. The van der Waals surface area contributed by atoms with Crippen molar-refractivity contribution in [1.29, 1.82) is 0 Å². The molecule has 0 aromatic carbocycles. The first-order chi connectivity index (χ1) is 12.3. The van der Waals surface area contributed by atoms with Crippen LogP contribution in [0.5, 0.6) is 0 Å². The van der Waals surface area contributed by atoms with Crippen molar-refractivity contribution in [3.63, 3.8) is 0 Å². The lowest BCUT2D eigenvalue weighted by atomic mass is 9.50. The molecule has 0 radical (unpaired) electrons. The zero-order valence-corrected chi connectivity index (χ0v) is 15.6. The molecule has 27 heavy (non-hydrogen) atoms. The summed E-state index contributed by atoms with van der Waals surface area (Å²) in [7, 11) is -5.97. The quantitative estimate of drug-likeness (QED) is 0.408. The van der Waals surface area contributed by atoms with Crippen molar-refractivity contribution in [3.8, 4) is 0 Å². The van der Waals surface area contributed by atoms with Gasteiger partial charge in [-0.1, -0.05) is 6.58 Å². The fourth-order valence-electron chi connectivity index (χ4n) is 4.96. The van der Waals surface area contributed by atoms with E-state index in [1.54, 1.807) is 0 Å². The fraction of sp³-hybridized carbons (Fsp3) is 0.765. The monoisotopic (exact) mass is 408 g/mol. The van der Waals surface area contributed by atoms with E-state index in [4.69, 9.17) is 9.29 Å². The van der Waals surface area contributed by atoms with Crippen LogP contribution < -0.4 is 0 Å². The van der Waals surface area contributed by atoms with Gasteiger partial charge >= 0.3 is 27.3 Å². The van der Waals surface area contributed by atoms with Gasteiger partial charge in [0.25, 0.3) is 0 Å². The highest BCUT2D eigenvalue weighted by Crippen LogP contribution is 2.59. The summed E-state index contributed by atoms with van der Waals surface area (Å²) in [5.41, 5.74) is -1.06. The van der Waals surface area contributed by atoms with Gasteiger partial charge in [-0.25, -0.2) is 9.59 Å². The van der Waals surface area contributed by atoms with Crippen molar-refractivity contribution in [2.24, 2.45) is 23.7 Å². The summed E-state index contributed by atoms with van der Waals surface area (Å²) < 4.78 is 65.5. The molecule has 4 rings (SSSR count). The van der Waals surface area contributed by atoms with Gasteiger partial charge in [0.15, 0.2) is 0 Å². The van der Waals surface area contributed by atoms with E-state index in [0.29, 0.717) is 11.8 Å². The lowest BCUT2D eigenvalue weighted by Gasteiger charge is -2.59. The lowest BCUT2D eigenvalue weighted by Crippen LogP contribution is -2.58. The van der Waals surface area contributed by atoms with Crippen LogP contribution in [0.1, 0.15) is 39.0 Å². The number of rotatable bonds is 6. The normalized spacial score (nSPS) is 35.0. The summed E-state index contributed by atoms with van der Waals surface area (Å²) in [4.78, 5) is 23.5. The summed E-state index contributed by atoms with van der Waals surface area (Å²) in [6.45, 7) is 4.30. The molecule has 152 valence electrons. The molecular weight excluding hydrogens is 386 g/mol. The van der Waals surface area contributed by atoms with Crippen LogP contribution in [0.3, 0.4) is 0 Å². The molecule has 0 heterocycles. The second-order valence-corrected chi connectivity index (χ2v) is 9.51. The van der Waals surface area contributed by atoms with E-state index in [2.05, 4.69) is 11.3 Å². The zero-order chi connectivity index (χ0) is 20.2. The zero-order valence-electron chi connectivity index (χ0n) is 14.8. The molecule has 4 fully saturated rings. The number of hydrogen-bond donors (Lipinski definition) is 1. The van der Waals surface area contributed by atoms with E-state index in [0.717, 1.165) is 25.7 Å². The van der Waals surface area contributed by atoms with E-state index in [1.165, 1.54) is 6.42 Å². The largest absolute Gasteiger partial charge is 0.465 e. The Morgan fingerprint density at radius 2 is 1.63 bits per heavy atom. The van der Waals surface area contributed by atoms with E-state index < -0.39 is 39.5 Å². The van der Waals surface area contributed by atoms with Gasteiger partial charge in [0.1, 0.15) is 12.2 Å². The molecule has 0 spiro atoms. The van der Waals surface area contributed by atoms with Gasteiger partial charge in [0.05, 0.1) is 5.57 Å². The molecule has 0 aliphatic heterocycles. The van der Waals surface area contributed by atoms with Crippen LogP contribution >= 0.6 is 0 Å². The number of carbonyl (C=O) groups excluding carboxylic acids is 2. The summed E-state index contributed by atoms with van der Waals surface area (Å²) in [5, 5.41) is -5.12. The van der Waals surface area contributed by atoms with Crippen molar-refractivity contribution >= 4 is 22.1 Å². The molecule has 0 aromatic heterocycles. The highest BCUT2D eigenvalue weighted by atomic mass is 32.2. The average Bonchev–Trinajstić information content (AvgIpc) is 2.55. The number of alkyl halides is 2. The minimum atomic E-state index is -5.97. The minimum absolute atomic E-state index is 0.233. The van der Waals surface area contributed by atoms with E-state index in [1.807, 2.05) is 6.92 Å². The summed E-state index contributed by atoms with van der Waals surface area (Å²) in [6, 6.07) is 0. The van der Waals surface area contributed by atoms with Crippen molar-refractivity contribution in [1.82, 2.24) is 0 Å². The van der Waals surface area contributed by atoms with Gasteiger partial charge in [-0.15, -0.1) is 0 Å². The maximum atomic E-state index is 13.1. The maximum Gasteiger partial charge on any atom is 0.465 e. The molecule has 0 unspecified atom stereocenters. The van der Waals surface area contributed by atoms with Crippen LogP contribution in [0.25, 0.3) is 0 Å². The molecule has 1 N–H and O–H groups in total. The predicted molar refractivity (Wildman–Crippen MR) is 88.1 cm³/mol. The average molecular weight is 408 g/mol. The van der Waals surface area contributed by atoms with Crippen LogP contribution in [0.15, 0.2) is 12.2 Å². The summed E-state index contributed by atoms with van der Waals surface area (Å²) in [6.07, 6.45) is 5.16. The lowest BCUT2D eigenvalue weighted by molar-refractivity contribution is -0.200. The minimum Gasteiger partial charge on any atom is -0.455 e. The summed E-state index contributed by atoms with van der Waals surface area (Å²) >= 11 is 0. The first kappa shape index (κ1) is 20.2. The molecule has 4 saturated carbocycles. The van der Waals surface area contributed by atoms with Gasteiger partial charge in [0, 0.05) is 0 Å². The van der Waals surface area contributed by atoms with E-state index in [9.17, 15) is 26.8 Å². The Morgan fingerprint density at radius 1 is 1.15 bits per heavy atom. The van der Waals surface area contributed by atoms with Crippen molar-refractivity contribution in [2.45, 2.75) is 49.9 Å². The van der Waals surface area contributed by atoms with Gasteiger partial charge in [-0.2, -0.15) is 17.2 Å². The third kappa shape index (κ3) is 3.49. The summed E-state index contributed by atoms with van der Waals surface area (Å²) in [5.74, 6) is -1.57. The number of carbonyl (C=O) groups is 2. The van der Waals surface area contributed by atoms with Gasteiger partial charge in [-0.05, 0) is 62.7 Å². The highest BCUT2D eigenvalue weighted by molar-refractivity contribution is 7.87.